The van der Waals surface area contributed by atoms with Crippen molar-refractivity contribution in [2.24, 2.45) is 5.92 Å². The van der Waals surface area contributed by atoms with Crippen LogP contribution in [0.3, 0.4) is 0 Å². The van der Waals surface area contributed by atoms with E-state index in [2.05, 4.69) is 48.5 Å². The number of carbonyl (C=O) groups is 2. The molecule has 37 heavy (non-hydrogen) atoms. The SMILES string of the molecule is CCCC[C@@H](CC[C@@H]1CCCC[C@]12CC[C@@H](C=O)N2C(=O)OC(C)(C)C)O[Si](C(C)C)(C(C)C)C(C)C. The number of hydrogen-bond acceptors (Lipinski definition) is 4. The molecule has 1 heterocycles. The van der Waals surface area contributed by atoms with Gasteiger partial charge in [0.2, 0.25) is 8.32 Å². The number of aldehydes is 1. The zero-order chi connectivity index (χ0) is 28.0. The molecule has 2 rings (SSSR count). The number of nitrogens with zero attached hydrogens (tertiary/aromatic N) is 1. The molecule has 1 aliphatic heterocycles. The zero-order valence-electron chi connectivity index (χ0n) is 25.9. The van der Waals surface area contributed by atoms with Gasteiger partial charge in [-0.1, -0.05) is 74.1 Å². The fourth-order valence-electron chi connectivity index (χ4n) is 7.87. The van der Waals surface area contributed by atoms with Crippen molar-refractivity contribution in [3.8, 4) is 0 Å². The van der Waals surface area contributed by atoms with E-state index in [-0.39, 0.29) is 23.8 Å². The Kier molecular flexibility index (Phi) is 11.8. The van der Waals surface area contributed by atoms with Gasteiger partial charge < -0.3 is 14.0 Å². The predicted molar refractivity (Wildman–Crippen MR) is 157 cm³/mol. The molecular formula is C31H59NO4Si. The Labute approximate surface area is 229 Å². The average Bonchev–Trinajstić information content (AvgIpc) is 3.16. The summed E-state index contributed by atoms with van der Waals surface area (Å²) in [6, 6.07) is -0.370. The van der Waals surface area contributed by atoms with Gasteiger partial charge in [0.1, 0.15) is 11.9 Å². The highest BCUT2D eigenvalue weighted by atomic mass is 28.4. The van der Waals surface area contributed by atoms with Gasteiger partial charge in [-0.05, 0) is 88.3 Å². The molecule has 1 saturated carbocycles. The lowest BCUT2D eigenvalue weighted by Gasteiger charge is -2.49. The van der Waals surface area contributed by atoms with Gasteiger partial charge >= 0.3 is 6.09 Å². The smallest absolute Gasteiger partial charge is 0.411 e. The molecule has 0 aromatic carbocycles. The van der Waals surface area contributed by atoms with Gasteiger partial charge in [-0.15, -0.1) is 0 Å². The van der Waals surface area contributed by atoms with Gasteiger partial charge in [0.25, 0.3) is 0 Å². The maximum atomic E-state index is 13.5. The average molecular weight is 538 g/mol. The van der Waals surface area contributed by atoms with Gasteiger partial charge in [-0.3, -0.25) is 4.90 Å². The molecule has 2 fully saturated rings. The Morgan fingerprint density at radius 1 is 1.00 bits per heavy atom. The quantitative estimate of drug-likeness (QED) is 0.184. The third-order valence-corrected chi connectivity index (χ3v) is 15.6. The number of carbonyl (C=O) groups excluding carboxylic acids is 2. The summed E-state index contributed by atoms with van der Waals surface area (Å²) in [5.41, 5.74) is 0.885. The molecule has 0 radical (unpaired) electrons. The van der Waals surface area contributed by atoms with Crippen molar-refractivity contribution in [2.45, 2.75) is 180 Å². The molecule has 2 aliphatic rings. The van der Waals surface area contributed by atoms with Crippen molar-refractivity contribution in [1.82, 2.24) is 4.90 Å². The molecule has 0 unspecified atom stereocenters. The topological polar surface area (TPSA) is 55.8 Å². The minimum absolute atomic E-state index is 0.260. The Morgan fingerprint density at radius 2 is 1.62 bits per heavy atom. The highest BCUT2D eigenvalue weighted by Gasteiger charge is 2.55. The van der Waals surface area contributed by atoms with Crippen LogP contribution in [0.5, 0.6) is 0 Å². The highest BCUT2D eigenvalue weighted by Crippen LogP contribution is 2.50. The monoisotopic (exact) mass is 537 g/mol. The molecule has 5 nitrogen and oxygen atoms in total. The van der Waals surface area contributed by atoms with Crippen molar-refractivity contribution in [3.05, 3.63) is 0 Å². The molecule has 0 bridgehead atoms. The van der Waals surface area contributed by atoms with E-state index in [1.54, 1.807) is 0 Å². The van der Waals surface area contributed by atoms with Gasteiger partial charge in [0.15, 0.2) is 0 Å². The fraction of sp³-hybridized carbons (Fsp3) is 0.935. The molecule has 4 atom stereocenters. The maximum Gasteiger partial charge on any atom is 0.411 e. The van der Waals surface area contributed by atoms with Gasteiger partial charge in [0, 0.05) is 11.6 Å². The molecule has 1 amide bonds. The van der Waals surface area contributed by atoms with Crippen LogP contribution < -0.4 is 0 Å². The van der Waals surface area contributed by atoms with Crippen LogP contribution in [0.25, 0.3) is 0 Å². The molecule has 1 saturated heterocycles. The molecule has 6 heteroatoms. The Morgan fingerprint density at radius 3 is 2.14 bits per heavy atom. The second kappa shape index (κ2) is 13.5. The van der Waals surface area contributed by atoms with Crippen LogP contribution in [0.4, 0.5) is 4.79 Å². The normalized spacial score (nSPS) is 25.9. The van der Waals surface area contributed by atoms with E-state index < -0.39 is 13.9 Å². The number of hydrogen-bond donors (Lipinski definition) is 0. The summed E-state index contributed by atoms with van der Waals surface area (Å²) < 4.78 is 13.2. The molecule has 1 spiro atoms. The standard InChI is InChI=1S/C31H59NO4Si/c1-11-12-16-28(36-37(23(2)3,24(4)5)25(6)7)18-17-26-15-13-14-20-31(26)21-19-27(22-33)32(31)29(34)35-30(8,9)10/h22-28H,11-21H2,1-10H3/t26-,27-,28-,31-/m0/s1. The fourth-order valence-corrected chi connectivity index (χ4v) is 13.5. The van der Waals surface area contributed by atoms with E-state index in [4.69, 9.17) is 9.16 Å². The van der Waals surface area contributed by atoms with Gasteiger partial charge in [-0.2, -0.15) is 0 Å². The summed E-state index contributed by atoms with van der Waals surface area (Å²) in [7, 11) is -1.97. The van der Waals surface area contributed by atoms with Gasteiger partial charge in [-0.25, -0.2) is 4.79 Å². The summed E-state index contributed by atoms with van der Waals surface area (Å²) in [6.07, 6.45) is 12.6. The molecule has 216 valence electrons. The van der Waals surface area contributed by atoms with Crippen molar-refractivity contribution in [1.29, 1.82) is 0 Å². The van der Waals surface area contributed by atoms with Crippen molar-refractivity contribution in [3.63, 3.8) is 0 Å². The second-order valence-corrected chi connectivity index (χ2v) is 19.3. The number of likely N-dealkylation sites (tertiary alicyclic amines) is 1. The largest absolute Gasteiger partial charge is 0.444 e. The number of ether oxygens (including phenoxy) is 1. The Hall–Kier alpha value is -0.883. The summed E-state index contributed by atoms with van der Waals surface area (Å²) in [4.78, 5) is 27.4. The van der Waals surface area contributed by atoms with E-state index in [9.17, 15) is 9.59 Å². The molecule has 1 aliphatic carbocycles. The summed E-state index contributed by atoms with van der Waals surface area (Å²) >= 11 is 0. The van der Waals surface area contributed by atoms with Crippen LogP contribution in [0.1, 0.15) is 140 Å². The molecular weight excluding hydrogens is 478 g/mol. The zero-order valence-corrected chi connectivity index (χ0v) is 26.9. The number of rotatable bonds is 12. The Balaban J connectivity index is 2.31. The van der Waals surface area contributed by atoms with Crippen LogP contribution >= 0.6 is 0 Å². The third kappa shape index (κ3) is 7.41. The highest BCUT2D eigenvalue weighted by molar-refractivity contribution is 6.77. The van der Waals surface area contributed by atoms with E-state index in [1.165, 1.54) is 19.3 Å². The van der Waals surface area contributed by atoms with Crippen LogP contribution in [0.2, 0.25) is 16.6 Å². The first-order valence-electron chi connectivity index (χ1n) is 15.4. The summed E-state index contributed by atoms with van der Waals surface area (Å²) in [5.74, 6) is 0.389. The number of unbranched alkanes of at least 4 members (excludes halogenated alkanes) is 1. The van der Waals surface area contributed by atoms with Crippen molar-refractivity contribution >= 4 is 20.7 Å². The molecule has 0 N–H and O–H groups in total. The number of amides is 1. The maximum absolute atomic E-state index is 13.5. The lowest BCUT2D eigenvalue weighted by Crippen LogP contribution is -2.57. The first-order valence-corrected chi connectivity index (χ1v) is 17.5. The predicted octanol–water partition coefficient (Wildman–Crippen LogP) is 9.04. The molecule has 0 aromatic heterocycles. The van der Waals surface area contributed by atoms with Crippen molar-refractivity contribution < 1.29 is 18.8 Å². The lowest BCUT2D eigenvalue weighted by atomic mass is 9.69. The molecule has 0 aromatic rings. The second-order valence-electron chi connectivity index (χ2n) is 13.9. The van der Waals surface area contributed by atoms with Crippen LogP contribution in [0.15, 0.2) is 0 Å². The van der Waals surface area contributed by atoms with Gasteiger partial charge in [0.05, 0.1) is 6.04 Å². The van der Waals surface area contributed by atoms with Crippen LogP contribution in [-0.2, 0) is 14.0 Å². The minimum Gasteiger partial charge on any atom is -0.444 e. The third-order valence-electron chi connectivity index (χ3n) is 9.40. The summed E-state index contributed by atoms with van der Waals surface area (Å²) in [5, 5.41) is 0. The van der Waals surface area contributed by atoms with E-state index >= 15 is 0 Å². The lowest BCUT2D eigenvalue weighted by molar-refractivity contribution is -0.114. The first-order chi connectivity index (χ1) is 17.2. The van der Waals surface area contributed by atoms with Crippen LogP contribution in [0, 0.1) is 5.92 Å². The Bertz CT molecular complexity index is 709. The van der Waals surface area contributed by atoms with Crippen LogP contribution in [-0.4, -0.2) is 48.9 Å². The minimum atomic E-state index is -1.97. The van der Waals surface area contributed by atoms with E-state index in [1.807, 2.05) is 25.7 Å². The van der Waals surface area contributed by atoms with E-state index in [0.717, 1.165) is 57.7 Å². The summed E-state index contributed by atoms with van der Waals surface area (Å²) in [6.45, 7) is 22.2. The van der Waals surface area contributed by atoms with Crippen molar-refractivity contribution in [2.75, 3.05) is 0 Å². The first kappa shape index (κ1) is 32.3. The van der Waals surface area contributed by atoms with E-state index in [0.29, 0.717) is 22.5 Å².